The summed E-state index contributed by atoms with van der Waals surface area (Å²) in [6.45, 7) is 10.1. The summed E-state index contributed by atoms with van der Waals surface area (Å²) in [4.78, 5) is 0. The van der Waals surface area contributed by atoms with Crippen LogP contribution >= 0.6 is 0 Å². The van der Waals surface area contributed by atoms with Crippen molar-refractivity contribution in [2.24, 2.45) is 0 Å². The fraction of sp³-hybridized carbons (Fsp3) is 1.00. The minimum absolute atomic E-state index is 0.0835. The predicted octanol–water partition coefficient (Wildman–Crippen LogP) is 1.47. The van der Waals surface area contributed by atoms with Crippen LogP contribution in [-0.2, 0) is 10.2 Å². The van der Waals surface area contributed by atoms with E-state index in [1.54, 1.807) is 4.31 Å². The van der Waals surface area contributed by atoms with Crippen LogP contribution in [-0.4, -0.2) is 43.9 Å². The van der Waals surface area contributed by atoms with Crippen molar-refractivity contribution >= 4 is 10.2 Å². The molecule has 0 spiro atoms. The molecule has 1 aliphatic rings. The summed E-state index contributed by atoms with van der Waals surface area (Å²) in [5.41, 5.74) is -0.433. The van der Waals surface area contributed by atoms with Crippen molar-refractivity contribution in [2.75, 3.05) is 19.6 Å². The molecule has 1 rings (SSSR count). The van der Waals surface area contributed by atoms with Crippen molar-refractivity contribution in [3.05, 3.63) is 0 Å². The molecule has 0 aliphatic carbocycles. The fourth-order valence-electron chi connectivity index (χ4n) is 2.39. The molecule has 0 amide bonds. The molecule has 114 valence electrons. The number of rotatable bonds is 6. The van der Waals surface area contributed by atoms with E-state index >= 15 is 0 Å². The van der Waals surface area contributed by atoms with Crippen molar-refractivity contribution < 1.29 is 8.42 Å². The van der Waals surface area contributed by atoms with Crippen LogP contribution in [0.2, 0.25) is 0 Å². The molecule has 0 aromatic carbocycles. The van der Waals surface area contributed by atoms with Crippen LogP contribution in [0.5, 0.6) is 0 Å². The summed E-state index contributed by atoms with van der Waals surface area (Å²) in [6, 6.07) is 0.0835. The van der Waals surface area contributed by atoms with Gasteiger partial charge >= 0.3 is 0 Å². The van der Waals surface area contributed by atoms with Gasteiger partial charge in [0.1, 0.15) is 0 Å². The van der Waals surface area contributed by atoms with E-state index in [0.717, 1.165) is 38.8 Å². The zero-order valence-corrected chi connectivity index (χ0v) is 13.5. The Labute approximate surface area is 118 Å². The summed E-state index contributed by atoms with van der Waals surface area (Å²) in [5, 5.41) is 3.34. The Hall–Kier alpha value is -0.170. The lowest BCUT2D eigenvalue weighted by molar-refractivity contribution is 0.239. The van der Waals surface area contributed by atoms with Gasteiger partial charge in [-0.2, -0.15) is 17.4 Å². The maximum atomic E-state index is 12.4. The van der Waals surface area contributed by atoms with Crippen molar-refractivity contribution in [3.8, 4) is 0 Å². The van der Waals surface area contributed by atoms with Crippen molar-refractivity contribution in [3.63, 3.8) is 0 Å². The molecule has 1 fully saturated rings. The van der Waals surface area contributed by atoms with Gasteiger partial charge < -0.3 is 5.32 Å². The first-order valence-electron chi connectivity index (χ1n) is 7.28. The zero-order chi connectivity index (χ0) is 14.5. The van der Waals surface area contributed by atoms with E-state index in [-0.39, 0.29) is 6.04 Å². The van der Waals surface area contributed by atoms with Crippen molar-refractivity contribution in [1.82, 2.24) is 14.3 Å². The maximum Gasteiger partial charge on any atom is 0.280 e. The second-order valence-electron chi connectivity index (χ2n) is 6.32. The average molecular weight is 291 g/mol. The molecule has 1 heterocycles. The summed E-state index contributed by atoms with van der Waals surface area (Å²) in [5.74, 6) is 0. The normalized spacial score (nSPS) is 22.6. The molecular formula is C13H29N3O2S. The minimum Gasteiger partial charge on any atom is -0.315 e. The number of nitrogens with zero attached hydrogens (tertiary/aromatic N) is 1. The Morgan fingerprint density at radius 1 is 1.26 bits per heavy atom. The highest BCUT2D eigenvalue weighted by molar-refractivity contribution is 7.87. The Bertz CT molecular complexity index is 363. The van der Waals surface area contributed by atoms with Gasteiger partial charge in [0, 0.05) is 24.7 Å². The molecule has 1 aliphatic heterocycles. The fourth-order valence-corrected chi connectivity index (χ4v) is 4.22. The molecule has 1 atom stereocenters. The lowest BCUT2D eigenvalue weighted by Crippen LogP contribution is -2.55. The molecule has 1 saturated heterocycles. The van der Waals surface area contributed by atoms with E-state index in [9.17, 15) is 8.42 Å². The van der Waals surface area contributed by atoms with Gasteiger partial charge in [-0.3, -0.25) is 0 Å². The smallest absolute Gasteiger partial charge is 0.280 e. The van der Waals surface area contributed by atoms with E-state index in [4.69, 9.17) is 0 Å². The Morgan fingerprint density at radius 2 is 1.95 bits per heavy atom. The first-order chi connectivity index (χ1) is 8.76. The van der Waals surface area contributed by atoms with E-state index in [2.05, 4.69) is 17.0 Å². The second-order valence-corrected chi connectivity index (χ2v) is 7.94. The SMILES string of the molecule is CCCNCC1CCCCN1S(=O)(=O)NC(C)(C)C. The Kier molecular flexibility index (Phi) is 6.23. The van der Waals surface area contributed by atoms with Gasteiger partial charge in [-0.15, -0.1) is 0 Å². The van der Waals surface area contributed by atoms with Gasteiger partial charge in [0.15, 0.2) is 0 Å². The molecule has 2 N–H and O–H groups in total. The summed E-state index contributed by atoms with van der Waals surface area (Å²) < 4.78 is 29.3. The highest BCUT2D eigenvalue weighted by Crippen LogP contribution is 2.20. The molecule has 0 aromatic rings. The van der Waals surface area contributed by atoms with E-state index < -0.39 is 15.7 Å². The number of hydrogen-bond acceptors (Lipinski definition) is 3. The molecule has 5 nitrogen and oxygen atoms in total. The monoisotopic (exact) mass is 291 g/mol. The van der Waals surface area contributed by atoms with E-state index in [0.29, 0.717) is 6.54 Å². The largest absolute Gasteiger partial charge is 0.315 e. The minimum atomic E-state index is -3.38. The zero-order valence-electron chi connectivity index (χ0n) is 12.7. The average Bonchev–Trinajstić information content (AvgIpc) is 2.27. The lowest BCUT2D eigenvalue weighted by Gasteiger charge is -2.36. The van der Waals surface area contributed by atoms with Crippen molar-refractivity contribution in [1.29, 1.82) is 0 Å². The highest BCUT2D eigenvalue weighted by Gasteiger charge is 2.34. The first kappa shape index (κ1) is 16.9. The summed E-state index contributed by atoms with van der Waals surface area (Å²) >= 11 is 0. The van der Waals surface area contributed by atoms with Crippen LogP contribution in [0.4, 0.5) is 0 Å². The quantitative estimate of drug-likeness (QED) is 0.729. The van der Waals surface area contributed by atoms with E-state index in [1.165, 1.54) is 0 Å². The van der Waals surface area contributed by atoms with Gasteiger partial charge in [-0.25, -0.2) is 0 Å². The van der Waals surface area contributed by atoms with Gasteiger partial charge in [-0.05, 0) is 46.6 Å². The van der Waals surface area contributed by atoms with Crippen LogP contribution in [0, 0.1) is 0 Å². The van der Waals surface area contributed by atoms with Crippen LogP contribution < -0.4 is 10.0 Å². The molecule has 6 heteroatoms. The standard InChI is InChI=1S/C13H29N3O2S/c1-5-9-14-11-12-8-6-7-10-16(12)19(17,18)15-13(2,3)4/h12,14-15H,5-11H2,1-4H3. The van der Waals surface area contributed by atoms with Crippen LogP contribution in [0.3, 0.4) is 0 Å². The maximum absolute atomic E-state index is 12.4. The van der Waals surface area contributed by atoms with Gasteiger partial charge in [0.25, 0.3) is 10.2 Å². The highest BCUT2D eigenvalue weighted by atomic mass is 32.2. The predicted molar refractivity (Wildman–Crippen MR) is 79.3 cm³/mol. The molecule has 0 bridgehead atoms. The summed E-state index contributed by atoms with van der Waals surface area (Å²) in [7, 11) is -3.38. The molecule has 0 aromatic heterocycles. The molecular weight excluding hydrogens is 262 g/mol. The van der Waals surface area contributed by atoms with Gasteiger partial charge in [0.05, 0.1) is 0 Å². The molecule has 0 saturated carbocycles. The Balaban J connectivity index is 2.70. The van der Waals surface area contributed by atoms with Gasteiger partial charge in [0.2, 0.25) is 0 Å². The molecule has 1 unspecified atom stereocenters. The number of piperidine rings is 1. The lowest BCUT2D eigenvalue weighted by atomic mass is 10.1. The first-order valence-corrected chi connectivity index (χ1v) is 8.72. The third-order valence-corrected chi connectivity index (χ3v) is 5.09. The molecule has 0 radical (unpaired) electrons. The van der Waals surface area contributed by atoms with Crippen molar-refractivity contribution in [2.45, 2.75) is 65.0 Å². The van der Waals surface area contributed by atoms with Crippen LogP contribution in [0.1, 0.15) is 53.4 Å². The Morgan fingerprint density at radius 3 is 2.53 bits per heavy atom. The second kappa shape index (κ2) is 7.02. The number of hydrogen-bond donors (Lipinski definition) is 2. The van der Waals surface area contributed by atoms with Crippen LogP contribution in [0.15, 0.2) is 0 Å². The summed E-state index contributed by atoms with van der Waals surface area (Å²) in [6.07, 6.45) is 4.08. The third-order valence-electron chi connectivity index (χ3n) is 3.12. The molecule has 19 heavy (non-hydrogen) atoms. The topological polar surface area (TPSA) is 61.4 Å². The van der Waals surface area contributed by atoms with E-state index in [1.807, 2.05) is 20.8 Å². The van der Waals surface area contributed by atoms with Gasteiger partial charge in [-0.1, -0.05) is 13.3 Å². The van der Waals surface area contributed by atoms with Crippen LogP contribution in [0.25, 0.3) is 0 Å². The number of nitrogens with one attached hydrogen (secondary N) is 2. The third kappa shape index (κ3) is 5.77.